The number of thiophene rings is 1. The number of aromatic nitrogens is 1. The third-order valence-electron chi connectivity index (χ3n) is 6.24. The molecule has 2 aromatic heterocycles. The molecule has 0 aliphatic heterocycles. The molecule has 0 radical (unpaired) electrons. The summed E-state index contributed by atoms with van der Waals surface area (Å²) in [4.78, 5) is 4.71. The molecule has 0 saturated heterocycles. The fourth-order valence-corrected chi connectivity index (χ4v) is 5.37. The van der Waals surface area contributed by atoms with E-state index in [0.29, 0.717) is 11.8 Å². The summed E-state index contributed by atoms with van der Waals surface area (Å²) in [5.74, 6) is 0.853. The first kappa shape index (κ1) is 19.9. The lowest BCUT2D eigenvalue weighted by Crippen LogP contribution is -2.02. The van der Waals surface area contributed by atoms with Crippen LogP contribution in [0.25, 0.3) is 42.6 Å². The van der Waals surface area contributed by atoms with Gasteiger partial charge in [-0.05, 0) is 58.9 Å². The molecule has 0 aliphatic carbocycles. The van der Waals surface area contributed by atoms with Crippen LogP contribution in [-0.4, -0.2) is 4.98 Å². The zero-order valence-electron chi connectivity index (χ0n) is 17.9. The maximum atomic E-state index is 13.7. The molecule has 0 amide bonds. The first-order valence-corrected chi connectivity index (χ1v) is 11.5. The predicted octanol–water partition coefficient (Wildman–Crippen LogP) is 8.68. The first-order chi connectivity index (χ1) is 15.0. The molecule has 1 atom stereocenters. The Bertz CT molecular complexity index is 1400. The van der Waals surface area contributed by atoms with Crippen LogP contribution in [0.5, 0.6) is 0 Å². The van der Waals surface area contributed by atoms with Gasteiger partial charge < -0.3 is 0 Å². The van der Waals surface area contributed by atoms with E-state index in [1.807, 2.05) is 12.3 Å². The van der Waals surface area contributed by atoms with E-state index in [1.54, 1.807) is 23.5 Å². The Hall–Kier alpha value is -3.04. The van der Waals surface area contributed by atoms with Crippen LogP contribution in [-0.2, 0) is 0 Å². The zero-order chi connectivity index (χ0) is 21.5. The first-order valence-electron chi connectivity index (χ1n) is 10.7. The largest absolute Gasteiger partial charge is 0.256 e. The summed E-state index contributed by atoms with van der Waals surface area (Å²) in [6, 6.07) is 24.0. The summed E-state index contributed by atoms with van der Waals surface area (Å²) in [6.07, 6.45) is 1.93. The summed E-state index contributed by atoms with van der Waals surface area (Å²) >= 11 is 1.78. The summed E-state index contributed by atoms with van der Waals surface area (Å²) in [5, 5.41) is 2.47. The topological polar surface area (TPSA) is 12.9 Å². The van der Waals surface area contributed by atoms with Crippen LogP contribution in [0.3, 0.4) is 0 Å². The van der Waals surface area contributed by atoms with Gasteiger partial charge in [0, 0.05) is 31.9 Å². The molecule has 0 N–H and O–H groups in total. The molecule has 154 valence electrons. The normalized spacial score (nSPS) is 12.7. The molecule has 0 bridgehead atoms. The maximum Gasteiger partial charge on any atom is 0.123 e. The minimum atomic E-state index is -0.210. The highest BCUT2D eigenvalue weighted by Crippen LogP contribution is 2.41. The molecule has 0 saturated carbocycles. The lowest BCUT2D eigenvalue weighted by Gasteiger charge is -2.16. The molecule has 0 aliphatic rings. The number of pyridine rings is 1. The van der Waals surface area contributed by atoms with Gasteiger partial charge in [-0.2, -0.15) is 0 Å². The van der Waals surface area contributed by atoms with Crippen LogP contribution in [0.4, 0.5) is 4.39 Å². The number of fused-ring (bicyclic) bond motifs is 3. The highest BCUT2D eigenvalue weighted by Gasteiger charge is 2.15. The van der Waals surface area contributed by atoms with Gasteiger partial charge in [0.25, 0.3) is 0 Å². The van der Waals surface area contributed by atoms with E-state index < -0.39 is 0 Å². The van der Waals surface area contributed by atoms with E-state index in [4.69, 9.17) is 4.98 Å². The van der Waals surface area contributed by atoms with E-state index in [2.05, 4.69) is 69.3 Å². The van der Waals surface area contributed by atoms with Crippen molar-refractivity contribution in [2.24, 2.45) is 5.92 Å². The van der Waals surface area contributed by atoms with Gasteiger partial charge in [0.15, 0.2) is 0 Å². The van der Waals surface area contributed by atoms with Gasteiger partial charge in [0.05, 0.1) is 5.69 Å². The summed E-state index contributed by atoms with van der Waals surface area (Å²) in [5.41, 5.74) is 5.45. The molecule has 0 fully saturated rings. The number of benzene rings is 3. The Labute approximate surface area is 186 Å². The van der Waals surface area contributed by atoms with E-state index in [0.717, 1.165) is 16.8 Å². The molecule has 1 nitrogen and oxygen atoms in total. The van der Waals surface area contributed by atoms with Crippen LogP contribution in [0.1, 0.15) is 32.3 Å². The molecule has 31 heavy (non-hydrogen) atoms. The SMILES string of the molecule is CC(C)C(C)c1ccnc(-c2cccc3c2sc2cc(-c4cccc(F)c4)ccc23)c1. The Kier molecular flexibility index (Phi) is 5.07. The average molecular weight is 426 g/mol. The lowest BCUT2D eigenvalue weighted by molar-refractivity contribution is 0.535. The molecule has 5 rings (SSSR count). The summed E-state index contributed by atoms with van der Waals surface area (Å²) in [6.45, 7) is 6.79. The van der Waals surface area contributed by atoms with E-state index in [-0.39, 0.29) is 5.82 Å². The molecule has 0 spiro atoms. The molecular weight excluding hydrogens is 401 g/mol. The zero-order valence-corrected chi connectivity index (χ0v) is 18.7. The van der Waals surface area contributed by atoms with Gasteiger partial charge in [0.2, 0.25) is 0 Å². The van der Waals surface area contributed by atoms with E-state index in [1.165, 1.54) is 37.4 Å². The van der Waals surface area contributed by atoms with Gasteiger partial charge in [-0.25, -0.2) is 4.39 Å². The molecular formula is C28H24FNS. The minimum Gasteiger partial charge on any atom is -0.256 e. The fraction of sp³-hybridized carbons (Fsp3) is 0.179. The Morgan fingerprint density at radius 1 is 0.806 bits per heavy atom. The third-order valence-corrected chi connectivity index (χ3v) is 7.44. The summed E-state index contributed by atoms with van der Waals surface area (Å²) < 4.78 is 16.2. The van der Waals surface area contributed by atoms with Crippen LogP contribution in [0, 0.1) is 11.7 Å². The summed E-state index contributed by atoms with van der Waals surface area (Å²) in [7, 11) is 0. The Morgan fingerprint density at radius 3 is 2.42 bits per heavy atom. The van der Waals surface area contributed by atoms with Crippen molar-refractivity contribution in [3.8, 4) is 22.4 Å². The van der Waals surface area contributed by atoms with Crippen LogP contribution >= 0.6 is 11.3 Å². The average Bonchev–Trinajstić information content (AvgIpc) is 3.16. The van der Waals surface area contributed by atoms with Crippen molar-refractivity contribution >= 4 is 31.5 Å². The standard InChI is InChI=1S/C28H24FNS/c1-17(2)18(3)19-12-13-30-26(15-19)25-9-5-8-24-23-11-10-21(16-27(23)31-28(24)25)20-6-4-7-22(29)14-20/h4-18H,1-3H3. The Morgan fingerprint density at radius 2 is 1.61 bits per heavy atom. The van der Waals surface area contributed by atoms with Crippen molar-refractivity contribution in [2.75, 3.05) is 0 Å². The second-order valence-electron chi connectivity index (χ2n) is 8.51. The van der Waals surface area contributed by atoms with Crippen LogP contribution in [0.2, 0.25) is 0 Å². The maximum absolute atomic E-state index is 13.7. The van der Waals surface area contributed by atoms with Gasteiger partial charge in [-0.15, -0.1) is 11.3 Å². The van der Waals surface area contributed by atoms with Crippen molar-refractivity contribution in [1.82, 2.24) is 4.98 Å². The van der Waals surface area contributed by atoms with E-state index >= 15 is 0 Å². The van der Waals surface area contributed by atoms with Crippen LogP contribution < -0.4 is 0 Å². The van der Waals surface area contributed by atoms with Gasteiger partial charge in [-0.3, -0.25) is 4.98 Å². The van der Waals surface area contributed by atoms with Crippen molar-refractivity contribution in [1.29, 1.82) is 0 Å². The van der Waals surface area contributed by atoms with Crippen LogP contribution in [0.15, 0.2) is 79.0 Å². The number of hydrogen-bond donors (Lipinski definition) is 0. The number of rotatable bonds is 4. The lowest BCUT2D eigenvalue weighted by atomic mass is 9.90. The molecule has 1 unspecified atom stereocenters. The third kappa shape index (κ3) is 3.64. The monoisotopic (exact) mass is 425 g/mol. The number of nitrogens with zero attached hydrogens (tertiary/aromatic N) is 1. The molecule has 3 aromatic carbocycles. The van der Waals surface area contributed by atoms with Crippen molar-refractivity contribution < 1.29 is 4.39 Å². The molecule has 5 aromatic rings. The van der Waals surface area contributed by atoms with Gasteiger partial charge in [0.1, 0.15) is 5.82 Å². The van der Waals surface area contributed by atoms with Gasteiger partial charge in [-0.1, -0.05) is 63.2 Å². The minimum absolute atomic E-state index is 0.210. The van der Waals surface area contributed by atoms with Crippen molar-refractivity contribution in [3.05, 3.63) is 90.4 Å². The Balaban J connectivity index is 1.66. The number of hydrogen-bond acceptors (Lipinski definition) is 2. The van der Waals surface area contributed by atoms with Crippen molar-refractivity contribution in [2.45, 2.75) is 26.7 Å². The number of halogens is 1. The predicted molar refractivity (Wildman–Crippen MR) is 131 cm³/mol. The molecule has 3 heteroatoms. The second kappa shape index (κ2) is 7.90. The van der Waals surface area contributed by atoms with Gasteiger partial charge >= 0.3 is 0 Å². The molecule has 2 heterocycles. The fourth-order valence-electron chi connectivity index (χ4n) is 4.11. The quantitative estimate of drug-likeness (QED) is 0.281. The highest BCUT2D eigenvalue weighted by molar-refractivity contribution is 7.26. The smallest absolute Gasteiger partial charge is 0.123 e. The van der Waals surface area contributed by atoms with E-state index in [9.17, 15) is 4.39 Å². The van der Waals surface area contributed by atoms with Crippen molar-refractivity contribution in [3.63, 3.8) is 0 Å². The second-order valence-corrected chi connectivity index (χ2v) is 9.56. The highest BCUT2D eigenvalue weighted by atomic mass is 32.1.